The van der Waals surface area contributed by atoms with E-state index in [1.165, 1.54) is 0 Å². The monoisotopic (exact) mass is 582 g/mol. The number of hydrogen-bond donors (Lipinski definition) is 2. The number of rotatable bonds is 5. The van der Waals surface area contributed by atoms with Gasteiger partial charge in [0.05, 0.1) is 0 Å². The maximum atomic E-state index is 9.00. The van der Waals surface area contributed by atoms with E-state index >= 15 is 0 Å². The van der Waals surface area contributed by atoms with Crippen molar-refractivity contribution in [1.29, 1.82) is 0 Å². The molecule has 0 unspecified atom stereocenters. The van der Waals surface area contributed by atoms with Gasteiger partial charge in [-0.3, -0.25) is 9.59 Å². The van der Waals surface area contributed by atoms with Crippen molar-refractivity contribution in [2.45, 2.75) is 13.8 Å². The molecule has 2 N–H and O–H groups in total. The van der Waals surface area contributed by atoms with E-state index in [-0.39, 0.29) is 20.4 Å². The van der Waals surface area contributed by atoms with Crippen LogP contribution in [0.15, 0.2) is 121 Å². The van der Waals surface area contributed by atoms with Crippen molar-refractivity contribution in [3.05, 3.63) is 156 Å². The fourth-order valence-electron chi connectivity index (χ4n) is 3.10. The first-order valence-electron chi connectivity index (χ1n) is 11.2. The summed E-state index contributed by atoms with van der Waals surface area (Å²) in [6.45, 7) is 2.17. The minimum absolute atomic E-state index is 0. The quantitative estimate of drug-likeness (QED) is 0.115. The number of carboxylic acids is 2. The maximum Gasteiger partial charge on any atom is 2.00 e. The Kier molecular flexibility index (Phi) is 14.6. The van der Waals surface area contributed by atoms with Crippen LogP contribution in [-0.2, 0) is 30.0 Å². The molecule has 4 aromatic rings. The summed E-state index contributed by atoms with van der Waals surface area (Å²) in [6.07, 6.45) is 7.26. The van der Waals surface area contributed by atoms with Crippen LogP contribution in [0.5, 0.6) is 0 Å². The molecule has 37 heavy (non-hydrogen) atoms. The molecule has 0 heterocycles. The zero-order valence-corrected chi connectivity index (χ0v) is 22.1. The molecule has 0 saturated carbocycles. The van der Waals surface area contributed by atoms with Gasteiger partial charge in [0.25, 0.3) is 11.9 Å². The third-order valence-corrected chi connectivity index (χ3v) is 4.46. The molecule has 0 aromatic heterocycles. The average Bonchev–Trinajstić information content (AvgIpc) is 2.88. The minimum Gasteiger partial charge on any atom is -0.481 e. The van der Waals surface area contributed by atoms with E-state index in [4.69, 9.17) is 19.8 Å². The normalized spacial score (nSPS) is 10.4. The number of benzene rings is 4. The van der Waals surface area contributed by atoms with Gasteiger partial charge in [0.15, 0.2) is 0 Å². The molecule has 190 valence electrons. The minimum atomic E-state index is -0.833. The third-order valence-electron chi connectivity index (χ3n) is 4.46. The molecule has 0 aliphatic rings. The predicted molar refractivity (Wildman–Crippen MR) is 144 cm³/mol. The molecule has 0 saturated heterocycles. The van der Waals surface area contributed by atoms with E-state index in [1.807, 2.05) is 48.5 Å². The van der Waals surface area contributed by atoms with Gasteiger partial charge in [-0.15, -0.1) is 46.5 Å². The molecule has 0 aliphatic carbocycles. The molecule has 0 aliphatic heterocycles. The van der Waals surface area contributed by atoms with E-state index in [0.717, 1.165) is 47.2 Å². The number of hydrogen-bond acceptors (Lipinski definition) is 2. The van der Waals surface area contributed by atoms with Gasteiger partial charge in [-0.1, -0.05) is 97.1 Å². The van der Waals surface area contributed by atoms with Gasteiger partial charge in [0.2, 0.25) is 0 Å². The summed E-state index contributed by atoms with van der Waals surface area (Å²) in [4.78, 5) is 18.0. The zero-order chi connectivity index (χ0) is 26.2. The van der Waals surface area contributed by atoms with Gasteiger partial charge in [0.1, 0.15) is 0 Å². The van der Waals surface area contributed by atoms with Gasteiger partial charge in [-0.25, -0.2) is 0 Å². The number of carboxylic acid groups (broad SMARTS) is 2. The number of allylic oxidation sites excluding steroid dienone is 2. The Morgan fingerprint density at radius 1 is 0.486 bits per heavy atom. The second-order valence-electron chi connectivity index (χ2n) is 7.50. The summed E-state index contributed by atoms with van der Waals surface area (Å²) in [6, 6.07) is 41.3. The van der Waals surface area contributed by atoms with Crippen LogP contribution in [0, 0.1) is 12.2 Å². The van der Waals surface area contributed by atoms with Crippen molar-refractivity contribution in [2.75, 3.05) is 0 Å². The van der Waals surface area contributed by atoms with Crippen LogP contribution in [0.3, 0.4) is 0 Å². The van der Waals surface area contributed by atoms with Crippen molar-refractivity contribution >= 4 is 23.1 Å². The molecule has 4 rings (SSSR count). The topological polar surface area (TPSA) is 74.6 Å². The van der Waals surface area contributed by atoms with Gasteiger partial charge in [-0.2, -0.15) is 23.3 Å². The van der Waals surface area contributed by atoms with Crippen LogP contribution >= 0.6 is 0 Å². The Hall–Kier alpha value is -4.04. The molecule has 0 bridgehead atoms. The summed E-state index contributed by atoms with van der Waals surface area (Å²) in [5.74, 6) is -1.67. The summed E-state index contributed by atoms with van der Waals surface area (Å²) in [5.41, 5.74) is 6.39. The van der Waals surface area contributed by atoms with Crippen molar-refractivity contribution in [2.24, 2.45) is 0 Å². The van der Waals surface area contributed by atoms with Crippen LogP contribution < -0.4 is 0 Å². The van der Waals surface area contributed by atoms with Crippen LogP contribution in [0.25, 0.3) is 11.1 Å². The molecular formula is C32H28O4Pd. The number of carbonyl (C=O) groups is 2. The summed E-state index contributed by atoms with van der Waals surface area (Å²) in [5, 5.41) is 14.8. The van der Waals surface area contributed by atoms with Gasteiger partial charge >= 0.3 is 20.4 Å². The smallest absolute Gasteiger partial charge is 0.481 e. The first-order chi connectivity index (χ1) is 17.4. The molecule has 0 radical (unpaired) electrons. The summed E-state index contributed by atoms with van der Waals surface area (Å²) >= 11 is 0. The van der Waals surface area contributed by atoms with Gasteiger partial charge in [-0.05, 0) is 0 Å². The predicted octanol–water partition coefficient (Wildman–Crippen LogP) is 7.04. The Balaban J connectivity index is 0.000000671. The molecular weight excluding hydrogens is 555 g/mol. The van der Waals surface area contributed by atoms with Crippen molar-refractivity contribution < 1.29 is 40.2 Å². The Bertz CT molecular complexity index is 1160. The molecule has 0 atom stereocenters. The van der Waals surface area contributed by atoms with E-state index in [0.29, 0.717) is 0 Å². The zero-order valence-electron chi connectivity index (χ0n) is 20.6. The molecule has 0 fully saturated rings. The standard InChI is InChI=1S/C28H20.2C2H4O2.Pd/c1-5-13-23(14-6-1)21-27(25-17-9-3-10-18-25)28(26-19-11-4-12-20-26)22-24-15-7-2-8-16-24;2*1-2(3)4;/h1-20H;2*1H3,(H,3,4);/q-2;;;+2. The fourth-order valence-corrected chi connectivity index (χ4v) is 3.10. The van der Waals surface area contributed by atoms with Crippen LogP contribution in [-0.4, -0.2) is 22.2 Å². The van der Waals surface area contributed by atoms with Crippen LogP contribution in [0.4, 0.5) is 0 Å². The first kappa shape index (κ1) is 31.0. The SMILES string of the molecule is CC(=O)O.CC(=O)O.[C-](=C(C(=[C-]c1ccccc1)c1ccccc1)c1ccccc1)c1ccccc1.[Pd+2]. The maximum absolute atomic E-state index is 9.00. The number of aliphatic carboxylic acids is 2. The van der Waals surface area contributed by atoms with Crippen molar-refractivity contribution in [3.8, 4) is 0 Å². The van der Waals surface area contributed by atoms with Crippen molar-refractivity contribution in [3.63, 3.8) is 0 Å². The van der Waals surface area contributed by atoms with E-state index in [2.05, 4.69) is 84.9 Å². The van der Waals surface area contributed by atoms with Crippen LogP contribution in [0.2, 0.25) is 0 Å². The average molecular weight is 583 g/mol. The largest absolute Gasteiger partial charge is 2.00 e. The molecule has 0 spiro atoms. The fraction of sp³-hybridized carbons (Fsp3) is 0.0625. The van der Waals surface area contributed by atoms with Gasteiger partial charge in [0, 0.05) is 13.8 Å². The van der Waals surface area contributed by atoms with Crippen LogP contribution in [0.1, 0.15) is 36.1 Å². The summed E-state index contributed by atoms with van der Waals surface area (Å²) in [7, 11) is 0. The summed E-state index contributed by atoms with van der Waals surface area (Å²) < 4.78 is 0. The molecule has 4 nitrogen and oxygen atoms in total. The van der Waals surface area contributed by atoms with E-state index < -0.39 is 11.9 Å². The van der Waals surface area contributed by atoms with Crippen molar-refractivity contribution in [1.82, 2.24) is 0 Å². The Morgan fingerprint density at radius 2 is 0.703 bits per heavy atom. The molecule has 4 aromatic carbocycles. The van der Waals surface area contributed by atoms with E-state index in [1.54, 1.807) is 0 Å². The third kappa shape index (κ3) is 12.5. The Labute approximate surface area is 232 Å². The molecule has 0 amide bonds. The first-order valence-corrected chi connectivity index (χ1v) is 11.2. The Morgan fingerprint density at radius 3 is 0.946 bits per heavy atom. The van der Waals surface area contributed by atoms with E-state index in [9.17, 15) is 0 Å². The second-order valence-corrected chi connectivity index (χ2v) is 7.50. The van der Waals surface area contributed by atoms with Gasteiger partial charge < -0.3 is 10.2 Å². The molecule has 5 heteroatoms. The second kappa shape index (κ2) is 17.4.